The van der Waals surface area contributed by atoms with Crippen molar-refractivity contribution in [2.24, 2.45) is 17.6 Å². The quantitative estimate of drug-likeness (QED) is 0.902. The first kappa shape index (κ1) is 14.4. The average molecular weight is 281 g/mol. The molecule has 0 radical (unpaired) electrons. The van der Waals surface area contributed by atoms with Gasteiger partial charge in [-0.05, 0) is 49.4 Å². The van der Waals surface area contributed by atoms with Crippen molar-refractivity contribution in [2.75, 3.05) is 6.54 Å². The molecule has 0 fully saturated rings. The number of halogens is 1. The van der Waals surface area contributed by atoms with Crippen molar-refractivity contribution in [2.45, 2.75) is 33.6 Å². The van der Waals surface area contributed by atoms with E-state index in [0.29, 0.717) is 23.4 Å². The maximum absolute atomic E-state index is 6.03. The molecule has 0 aliphatic heterocycles. The van der Waals surface area contributed by atoms with E-state index in [9.17, 15) is 0 Å². The van der Waals surface area contributed by atoms with E-state index in [-0.39, 0.29) is 0 Å². The number of hydrogen-bond donors (Lipinski definition) is 1. The van der Waals surface area contributed by atoms with Gasteiger partial charge in [0.25, 0.3) is 0 Å². The van der Waals surface area contributed by atoms with Crippen LogP contribution in [0.1, 0.15) is 31.7 Å². The van der Waals surface area contributed by atoms with Gasteiger partial charge in [0.15, 0.2) is 11.5 Å². The van der Waals surface area contributed by atoms with Gasteiger partial charge in [0, 0.05) is 11.4 Å². The van der Waals surface area contributed by atoms with Crippen molar-refractivity contribution >= 4 is 22.7 Å². The molecule has 2 rings (SSSR count). The molecule has 0 aliphatic carbocycles. The molecule has 0 spiro atoms. The van der Waals surface area contributed by atoms with Gasteiger partial charge in [0.05, 0.1) is 0 Å². The zero-order valence-corrected chi connectivity index (χ0v) is 12.5. The molecule has 2 aromatic rings. The van der Waals surface area contributed by atoms with E-state index in [0.717, 1.165) is 35.4 Å². The van der Waals surface area contributed by atoms with Crippen LogP contribution in [0, 0.1) is 18.8 Å². The molecule has 19 heavy (non-hydrogen) atoms. The number of aryl methyl sites for hydroxylation is 1. The lowest BCUT2D eigenvalue weighted by molar-refractivity contribution is 0.380. The third kappa shape index (κ3) is 3.48. The van der Waals surface area contributed by atoms with Crippen LogP contribution in [-0.4, -0.2) is 11.5 Å². The normalized spacial score (nSPS) is 13.4. The molecule has 2 N–H and O–H groups in total. The van der Waals surface area contributed by atoms with Crippen LogP contribution < -0.4 is 5.73 Å². The third-order valence-corrected chi connectivity index (χ3v) is 3.50. The zero-order chi connectivity index (χ0) is 14.0. The van der Waals surface area contributed by atoms with Gasteiger partial charge in [-0.15, -0.1) is 0 Å². The SMILES string of the molecule is Cc1cc(Cl)cc2nc(CC(CN)CC(C)C)oc12. The number of oxazole rings is 1. The van der Waals surface area contributed by atoms with E-state index in [2.05, 4.69) is 18.8 Å². The predicted octanol–water partition coefficient (Wildman–Crippen LogP) is 3.95. The van der Waals surface area contributed by atoms with Gasteiger partial charge in [-0.2, -0.15) is 0 Å². The maximum Gasteiger partial charge on any atom is 0.195 e. The van der Waals surface area contributed by atoms with Crippen LogP contribution in [-0.2, 0) is 6.42 Å². The highest BCUT2D eigenvalue weighted by Crippen LogP contribution is 2.26. The van der Waals surface area contributed by atoms with Crippen molar-refractivity contribution in [3.05, 3.63) is 28.6 Å². The van der Waals surface area contributed by atoms with Crippen molar-refractivity contribution in [1.29, 1.82) is 0 Å². The van der Waals surface area contributed by atoms with Gasteiger partial charge in [0.1, 0.15) is 5.52 Å². The Morgan fingerprint density at radius 3 is 2.74 bits per heavy atom. The summed E-state index contributed by atoms with van der Waals surface area (Å²) in [5.41, 5.74) is 8.52. The van der Waals surface area contributed by atoms with Crippen LogP contribution in [0.4, 0.5) is 0 Å². The van der Waals surface area contributed by atoms with E-state index in [1.807, 2.05) is 19.1 Å². The van der Waals surface area contributed by atoms with Crippen molar-refractivity contribution in [3.8, 4) is 0 Å². The molecule has 1 heterocycles. The van der Waals surface area contributed by atoms with Crippen LogP contribution in [0.15, 0.2) is 16.5 Å². The molecule has 3 nitrogen and oxygen atoms in total. The van der Waals surface area contributed by atoms with Gasteiger partial charge in [-0.3, -0.25) is 0 Å². The predicted molar refractivity (Wildman–Crippen MR) is 79.5 cm³/mol. The molecular formula is C15H21ClN2O. The van der Waals surface area contributed by atoms with Crippen LogP contribution in [0.25, 0.3) is 11.1 Å². The Labute approximate surface area is 119 Å². The van der Waals surface area contributed by atoms with Gasteiger partial charge in [0.2, 0.25) is 0 Å². The Hall–Kier alpha value is -1.06. The summed E-state index contributed by atoms with van der Waals surface area (Å²) in [6, 6.07) is 3.74. The Balaban J connectivity index is 2.23. The second-order valence-electron chi connectivity index (χ2n) is 5.61. The average Bonchev–Trinajstić information content (AvgIpc) is 2.70. The van der Waals surface area contributed by atoms with Crippen LogP contribution in [0.2, 0.25) is 5.02 Å². The number of benzene rings is 1. The number of hydrogen-bond acceptors (Lipinski definition) is 3. The molecule has 1 aromatic heterocycles. The fourth-order valence-corrected chi connectivity index (χ4v) is 2.73. The molecule has 1 atom stereocenters. The summed E-state index contributed by atoms with van der Waals surface area (Å²) in [6.45, 7) is 7.06. The summed E-state index contributed by atoms with van der Waals surface area (Å²) in [5.74, 6) is 1.81. The van der Waals surface area contributed by atoms with Crippen molar-refractivity contribution < 1.29 is 4.42 Å². The number of aromatic nitrogens is 1. The van der Waals surface area contributed by atoms with Crippen LogP contribution in [0.3, 0.4) is 0 Å². The summed E-state index contributed by atoms with van der Waals surface area (Å²) in [6.07, 6.45) is 1.88. The van der Waals surface area contributed by atoms with E-state index in [1.54, 1.807) is 0 Å². The molecule has 0 bridgehead atoms. The minimum Gasteiger partial charge on any atom is -0.440 e. The van der Waals surface area contributed by atoms with Gasteiger partial charge >= 0.3 is 0 Å². The third-order valence-electron chi connectivity index (χ3n) is 3.29. The minimum atomic E-state index is 0.420. The lowest BCUT2D eigenvalue weighted by Crippen LogP contribution is -2.18. The zero-order valence-electron chi connectivity index (χ0n) is 11.7. The van der Waals surface area contributed by atoms with E-state index in [4.69, 9.17) is 21.8 Å². The lowest BCUT2D eigenvalue weighted by atomic mass is 9.94. The topological polar surface area (TPSA) is 52.0 Å². The lowest BCUT2D eigenvalue weighted by Gasteiger charge is -2.14. The summed E-state index contributed by atoms with van der Waals surface area (Å²) in [4.78, 5) is 4.52. The Kier molecular flexibility index (Phi) is 4.48. The Morgan fingerprint density at radius 2 is 2.11 bits per heavy atom. The van der Waals surface area contributed by atoms with E-state index in [1.165, 1.54) is 0 Å². The first-order valence-corrected chi connectivity index (χ1v) is 7.13. The smallest absolute Gasteiger partial charge is 0.195 e. The van der Waals surface area contributed by atoms with E-state index < -0.39 is 0 Å². The highest BCUT2D eigenvalue weighted by Gasteiger charge is 2.15. The van der Waals surface area contributed by atoms with Gasteiger partial charge in [-0.1, -0.05) is 25.4 Å². The summed E-state index contributed by atoms with van der Waals surface area (Å²) in [5, 5.41) is 0.697. The molecule has 0 amide bonds. The molecule has 1 aromatic carbocycles. The second-order valence-corrected chi connectivity index (χ2v) is 6.05. The minimum absolute atomic E-state index is 0.420. The highest BCUT2D eigenvalue weighted by molar-refractivity contribution is 6.31. The molecule has 1 unspecified atom stereocenters. The van der Waals surface area contributed by atoms with E-state index >= 15 is 0 Å². The standard InChI is InChI=1S/C15H21ClN2O/c1-9(2)4-11(8-17)6-14-18-13-7-12(16)5-10(3)15(13)19-14/h5,7,9,11H,4,6,8,17H2,1-3H3. The summed E-state index contributed by atoms with van der Waals surface area (Å²) in [7, 11) is 0. The first-order valence-electron chi connectivity index (χ1n) is 6.75. The Bertz CT molecular complexity index is 563. The number of fused-ring (bicyclic) bond motifs is 1. The van der Waals surface area contributed by atoms with Gasteiger partial charge in [-0.25, -0.2) is 4.98 Å². The largest absolute Gasteiger partial charge is 0.440 e. The fraction of sp³-hybridized carbons (Fsp3) is 0.533. The van der Waals surface area contributed by atoms with Crippen LogP contribution in [0.5, 0.6) is 0 Å². The first-order chi connectivity index (χ1) is 8.99. The monoisotopic (exact) mass is 280 g/mol. The van der Waals surface area contributed by atoms with Crippen molar-refractivity contribution in [3.63, 3.8) is 0 Å². The fourth-order valence-electron chi connectivity index (χ4n) is 2.47. The molecular weight excluding hydrogens is 260 g/mol. The maximum atomic E-state index is 6.03. The Morgan fingerprint density at radius 1 is 1.37 bits per heavy atom. The second kappa shape index (κ2) is 5.93. The molecule has 0 saturated heterocycles. The number of nitrogens with two attached hydrogens (primary N) is 1. The number of nitrogens with zero attached hydrogens (tertiary/aromatic N) is 1. The van der Waals surface area contributed by atoms with Crippen molar-refractivity contribution in [1.82, 2.24) is 4.98 Å². The molecule has 104 valence electrons. The summed E-state index contributed by atoms with van der Waals surface area (Å²) < 4.78 is 5.84. The molecule has 0 saturated carbocycles. The molecule has 4 heteroatoms. The van der Waals surface area contributed by atoms with Gasteiger partial charge < -0.3 is 10.2 Å². The summed E-state index contributed by atoms with van der Waals surface area (Å²) >= 11 is 6.03. The van der Waals surface area contributed by atoms with Crippen LogP contribution >= 0.6 is 11.6 Å². The highest BCUT2D eigenvalue weighted by atomic mass is 35.5. The number of rotatable bonds is 5. The molecule has 0 aliphatic rings.